The van der Waals surface area contributed by atoms with Gasteiger partial charge in [0, 0.05) is 6.07 Å². The van der Waals surface area contributed by atoms with Crippen LogP contribution >= 0.6 is 0 Å². The van der Waals surface area contributed by atoms with Gasteiger partial charge in [-0.05, 0) is 23.8 Å². The standard InChI is InChI=1S/C9H6F2O.2C2H6/c10-8-4-7(2-1-3-12)5-9(11)6-8;2*1-2/h1-6H;2*1-2H3/b2-1+;;. The van der Waals surface area contributed by atoms with Crippen molar-refractivity contribution in [1.82, 2.24) is 0 Å². The summed E-state index contributed by atoms with van der Waals surface area (Å²) in [5.74, 6) is -1.30. The Morgan fingerprint density at radius 1 is 0.938 bits per heavy atom. The molecule has 3 heteroatoms. The molecule has 0 fully saturated rings. The Kier molecular flexibility index (Phi) is 12.2. The van der Waals surface area contributed by atoms with E-state index in [1.54, 1.807) is 0 Å². The van der Waals surface area contributed by atoms with Gasteiger partial charge in [0.15, 0.2) is 0 Å². The highest BCUT2D eigenvalue weighted by molar-refractivity contribution is 5.73. The minimum Gasteiger partial charge on any atom is -0.299 e. The second kappa shape index (κ2) is 11.6. The lowest BCUT2D eigenvalue weighted by Crippen LogP contribution is -1.81. The van der Waals surface area contributed by atoms with Crippen LogP contribution in [0.25, 0.3) is 6.08 Å². The molecule has 0 spiro atoms. The maximum absolute atomic E-state index is 12.5. The summed E-state index contributed by atoms with van der Waals surface area (Å²) in [7, 11) is 0. The molecule has 0 saturated heterocycles. The number of carbonyl (C=O) groups excluding carboxylic acids is 1. The van der Waals surface area contributed by atoms with Gasteiger partial charge in [-0.25, -0.2) is 8.78 Å². The SMILES string of the molecule is CC.CC.O=C/C=C/c1cc(F)cc(F)c1. The molecule has 0 aliphatic carbocycles. The Balaban J connectivity index is 0. The molecule has 1 aromatic carbocycles. The zero-order valence-corrected chi connectivity index (χ0v) is 10.1. The Morgan fingerprint density at radius 3 is 1.75 bits per heavy atom. The lowest BCUT2D eigenvalue weighted by atomic mass is 10.2. The lowest BCUT2D eigenvalue weighted by Gasteiger charge is -1.93. The van der Waals surface area contributed by atoms with Crippen LogP contribution in [-0.2, 0) is 4.79 Å². The summed E-state index contributed by atoms with van der Waals surface area (Å²) in [5.41, 5.74) is 0.333. The van der Waals surface area contributed by atoms with Crippen molar-refractivity contribution in [2.45, 2.75) is 27.7 Å². The van der Waals surface area contributed by atoms with E-state index in [2.05, 4.69) is 0 Å². The van der Waals surface area contributed by atoms with Crippen LogP contribution in [-0.4, -0.2) is 6.29 Å². The van der Waals surface area contributed by atoms with E-state index in [9.17, 15) is 13.6 Å². The monoisotopic (exact) mass is 228 g/mol. The third-order valence-corrected chi connectivity index (χ3v) is 1.25. The summed E-state index contributed by atoms with van der Waals surface area (Å²) < 4.78 is 25.0. The number of hydrogen-bond donors (Lipinski definition) is 0. The first-order valence-electron chi connectivity index (χ1n) is 5.30. The van der Waals surface area contributed by atoms with E-state index in [4.69, 9.17) is 0 Å². The molecule has 0 saturated carbocycles. The van der Waals surface area contributed by atoms with E-state index in [1.807, 2.05) is 27.7 Å². The molecule has 0 unspecified atom stereocenters. The van der Waals surface area contributed by atoms with Crippen molar-refractivity contribution in [1.29, 1.82) is 0 Å². The lowest BCUT2D eigenvalue weighted by molar-refractivity contribution is -0.104. The zero-order valence-electron chi connectivity index (χ0n) is 10.1. The Hall–Kier alpha value is -1.51. The Labute approximate surface area is 95.8 Å². The molecule has 1 rings (SSSR count). The van der Waals surface area contributed by atoms with Crippen LogP contribution in [0.3, 0.4) is 0 Å². The maximum atomic E-state index is 12.5. The van der Waals surface area contributed by atoms with Crippen molar-refractivity contribution < 1.29 is 13.6 Å². The third kappa shape index (κ3) is 7.85. The first kappa shape index (κ1) is 16.9. The summed E-state index contributed by atoms with van der Waals surface area (Å²) >= 11 is 0. The normalized spacial score (nSPS) is 8.62. The highest BCUT2D eigenvalue weighted by Gasteiger charge is 1.96. The highest BCUT2D eigenvalue weighted by atomic mass is 19.1. The van der Waals surface area contributed by atoms with E-state index in [1.165, 1.54) is 12.2 Å². The van der Waals surface area contributed by atoms with Gasteiger partial charge < -0.3 is 0 Å². The van der Waals surface area contributed by atoms with Crippen LogP contribution in [0, 0.1) is 11.6 Å². The summed E-state index contributed by atoms with van der Waals surface area (Å²) in [4.78, 5) is 9.87. The van der Waals surface area contributed by atoms with E-state index >= 15 is 0 Å². The van der Waals surface area contributed by atoms with Gasteiger partial charge in [0.2, 0.25) is 0 Å². The van der Waals surface area contributed by atoms with Gasteiger partial charge in [0.1, 0.15) is 17.9 Å². The molecular weight excluding hydrogens is 210 g/mol. The molecule has 90 valence electrons. The molecule has 0 heterocycles. The minimum atomic E-state index is -0.652. The van der Waals surface area contributed by atoms with Gasteiger partial charge in [-0.2, -0.15) is 0 Å². The van der Waals surface area contributed by atoms with Crippen LogP contribution in [0.4, 0.5) is 8.78 Å². The van der Waals surface area contributed by atoms with Gasteiger partial charge in [-0.1, -0.05) is 33.8 Å². The number of hydrogen-bond acceptors (Lipinski definition) is 1. The van der Waals surface area contributed by atoms with Crippen molar-refractivity contribution in [2.24, 2.45) is 0 Å². The average Bonchev–Trinajstić information content (AvgIpc) is 2.30. The minimum absolute atomic E-state index is 0.333. The highest BCUT2D eigenvalue weighted by Crippen LogP contribution is 2.08. The van der Waals surface area contributed by atoms with E-state index in [-0.39, 0.29) is 0 Å². The first-order chi connectivity index (χ1) is 7.72. The van der Waals surface area contributed by atoms with Crippen LogP contribution in [0.1, 0.15) is 33.3 Å². The summed E-state index contributed by atoms with van der Waals surface area (Å²) in [6.07, 6.45) is 3.05. The molecule has 0 amide bonds. The molecule has 0 radical (unpaired) electrons. The van der Waals surface area contributed by atoms with Gasteiger partial charge in [0.05, 0.1) is 0 Å². The molecule has 0 bridgehead atoms. The number of rotatable bonds is 2. The molecule has 0 atom stereocenters. The fraction of sp³-hybridized carbons (Fsp3) is 0.308. The van der Waals surface area contributed by atoms with E-state index in [0.717, 1.165) is 18.2 Å². The number of benzene rings is 1. The molecule has 0 aliphatic rings. The molecule has 1 nitrogen and oxygen atoms in total. The molecular formula is C13H18F2O. The maximum Gasteiger partial charge on any atom is 0.142 e. The van der Waals surface area contributed by atoms with Crippen molar-refractivity contribution in [3.8, 4) is 0 Å². The predicted molar refractivity (Wildman–Crippen MR) is 64.2 cm³/mol. The molecule has 1 aromatic rings. The second-order valence-electron chi connectivity index (χ2n) is 2.20. The number of carbonyl (C=O) groups is 1. The fourth-order valence-electron chi connectivity index (χ4n) is 0.822. The molecule has 0 aromatic heterocycles. The fourth-order valence-corrected chi connectivity index (χ4v) is 0.822. The molecule has 0 N–H and O–H groups in total. The average molecular weight is 228 g/mol. The largest absolute Gasteiger partial charge is 0.299 e. The number of aldehydes is 1. The number of allylic oxidation sites excluding steroid dienone is 1. The first-order valence-corrected chi connectivity index (χ1v) is 5.30. The predicted octanol–water partition coefficient (Wildman–Crippen LogP) is 4.23. The van der Waals surface area contributed by atoms with Gasteiger partial charge in [-0.3, -0.25) is 4.79 Å². The number of halogens is 2. The quantitative estimate of drug-likeness (QED) is 0.547. The van der Waals surface area contributed by atoms with Crippen molar-refractivity contribution in [2.75, 3.05) is 0 Å². The van der Waals surface area contributed by atoms with E-state index in [0.29, 0.717) is 11.8 Å². The molecule has 0 aliphatic heterocycles. The van der Waals surface area contributed by atoms with Crippen LogP contribution in [0.15, 0.2) is 24.3 Å². The summed E-state index contributed by atoms with van der Waals surface area (Å²) in [6, 6.07) is 3.06. The van der Waals surface area contributed by atoms with E-state index < -0.39 is 11.6 Å². The third-order valence-electron chi connectivity index (χ3n) is 1.25. The summed E-state index contributed by atoms with van der Waals surface area (Å²) in [6.45, 7) is 8.00. The van der Waals surface area contributed by atoms with Crippen molar-refractivity contribution in [3.63, 3.8) is 0 Å². The van der Waals surface area contributed by atoms with Gasteiger partial charge in [0.25, 0.3) is 0 Å². The van der Waals surface area contributed by atoms with Crippen LogP contribution in [0.5, 0.6) is 0 Å². The van der Waals surface area contributed by atoms with Crippen molar-refractivity contribution in [3.05, 3.63) is 41.5 Å². The van der Waals surface area contributed by atoms with Crippen molar-refractivity contribution >= 4 is 12.4 Å². The van der Waals surface area contributed by atoms with Gasteiger partial charge in [-0.15, -0.1) is 0 Å². The zero-order chi connectivity index (χ0) is 13.0. The smallest absolute Gasteiger partial charge is 0.142 e. The van der Waals surface area contributed by atoms with Crippen LogP contribution in [0.2, 0.25) is 0 Å². The summed E-state index contributed by atoms with van der Waals surface area (Å²) in [5, 5.41) is 0. The molecule has 16 heavy (non-hydrogen) atoms. The van der Waals surface area contributed by atoms with Gasteiger partial charge >= 0.3 is 0 Å². The second-order valence-corrected chi connectivity index (χ2v) is 2.20. The topological polar surface area (TPSA) is 17.1 Å². The Bertz CT molecular complexity index is 299. The van der Waals surface area contributed by atoms with Crippen LogP contribution < -0.4 is 0 Å². The Morgan fingerprint density at radius 2 is 1.38 bits per heavy atom.